The summed E-state index contributed by atoms with van der Waals surface area (Å²) in [6.07, 6.45) is 0. The van der Waals surface area contributed by atoms with E-state index in [0.29, 0.717) is 18.8 Å². The molecule has 0 aliphatic carbocycles. The summed E-state index contributed by atoms with van der Waals surface area (Å²) in [5.41, 5.74) is 3.58. The van der Waals surface area contributed by atoms with Crippen LogP contribution in [-0.4, -0.2) is 61.6 Å². The Morgan fingerprint density at radius 2 is 1.79 bits per heavy atom. The quantitative estimate of drug-likeness (QED) is 0.598. The van der Waals surface area contributed by atoms with E-state index in [2.05, 4.69) is 32.8 Å². The van der Waals surface area contributed by atoms with Crippen LogP contribution < -0.4 is 0 Å². The van der Waals surface area contributed by atoms with E-state index in [-0.39, 0.29) is 5.91 Å². The second-order valence-electron chi connectivity index (χ2n) is 7.26. The number of carbonyl (C=O) groups is 1. The first-order chi connectivity index (χ1) is 13.7. The predicted octanol–water partition coefficient (Wildman–Crippen LogP) is 2.41. The van der Waals surface area contributed by atoms with Crippen molar-refractivity contribution < 1.29 is 4.79 Å². The van der Waals surface area contributed by atoms with Crippen LogP contribution in [0.5, 0.6) is 0 Å². The minimum Gasteiger partial charge on any atom is -0.335 e. The fourth-order valence-electron chi connectivity index (χ4n) is 3.92. The monoisotopic (exact) mass is 374 g/mol. The van der Waals surface area contributed by atoms with Gasteiger partial charge in [-0.05, 0) is 18.2 Å². The normalized spacial score (nSPS) is 15.5. The lowest BCUT2D eigenvalue weighted by atomic mass is 10.2. The molecule has 0 bridgehead atoms. The number of aryl methyl sites for hydroxylation is 1. The van der Waals surface area contributed by atoms with Gasteiger partial charge in [0, 0.05) is 38.6 Å². The summed E-state index contributed by atoms with van der Waals surface area (Å²) in [6, 6.07) is 15.9. The standard InChI is InChI=1S/C21H22N6O/c1-25-18-9-5-4-8-17(18)22-19(25)14-26-10-12-27(13-11-26)21(28)20-15-6-2-3-7-16(15)23-24-20/h2-9H,10-14H2,1H3,(H,23,24). The number of fused-ring (bicyclic) bond motifs is 2. The molecule has 1 aliphatic rings. The van der Waals surface area contributed by atoms with Crippen molar-refractivity contribution in [3.8, 4) is 0 Å². The van der Waals surface area contributed by atoms with Gasteiger partial charge in [-0.25, -0.2) is 4.98 Å². The Labute approximate surface area is 162 Å². The largest absolute Gasteiger partial charge is 0.335 e. The molecule has 1 saturated heterocycles. The number of carbonyl (C=O) groups excluding carboxylic acids is 1. The van der Waals surface area contributed by atoms with Crippen molar-refractivity contribution in [2.75, 3.05) is 26.2 Å². The van der Waals surface area contributed by atoms with Crippen molar-refractivity contribution in [1.82, 2.24) is 29.5 Å². The highest BCUT2D eigenvalue weighted by molar-refractivity contribution is 6.04. The molecular weight excluding hydrogens is 352 g/mol. The fraction of sp³-hybridized carbons (Fsp3) is 0.286. The third-order valence-electron chi connectivity index (χ3n) is 5.58. The Morgan fingerprint density at radius 1 is 1.04 bits per heavy atom. The minimum atomic E-state index is -0.000157. The highest BCUT2D eigenvalue weighted by atomic mass is 16.2. The lowest BCUT2D eigenvalue weighted by Crippen LogP contribution is -2.48. The van der Waals surface area contributed by atoms with Gasteiger partial charge in [0.2, 0.25) is 0 Å². The number of H-pyrrole nitrogens is 1. The van der Waals surface area contributed by atoms with E-state index in [1.165, 1.54) is 0 Å². The molecule has 142 valence electrons. The predicted molar refractivity (Wildman–Crippen MR) is 108 cm³/mol. The molecule has 1 amide bonds. The number of imidazole rings is 1. The zero-order valence-corrected chi connectivity index (χ0v) is 15.8. The van der Waals surface area contributed by atoms with E-state index < -0.39 is 0 Å². The molecule has 1 N–H and O–H groups in total. The molecule has 0 spiro atoms. The first-order valence-corrected chi connectivity index (χ1v) is 9.56. The maximum absolute atomic E-state index is 12.9. The number of aromatic nitrogens is 4. The maximum Gasteiger partial charge on any atom is 0.275 e. The van der Waals surface area contributed by atoms with Gasteiger partial charge in [-0.3, -0.25) is 14.8 Å². The molecule has 3 heterocycles. The van der Waals surface area contributed by atoms with Crippen LogP contribution in [0.4, 0.5) is 0 Å². The van der Waals surface area contributed by atoms with E-state index in [1.807, 2.05) is 47.4 Å². The van der Waals surface area contributed by atoms with Crippen LogP contribution in [0.2, 0.25) is 0 Å². The molecular formula is C21H22N6O. The van der Waals surface area contributed by atoms with Crippen molar-refractivity contribution in [3.05, 3.63) is 60.0 Å². The fourth-order valence-corrected chi connectivity index (χ4v) is 3.92. The number of rotatable bonds is 3. The molecule has 0 saturated carbocycles. The Bertz CT molecular complexity index is 1150. The van der Waals surface area contributed by atoms with Crippen LogP contribution in [0.25, 0.3) is 21.9 Å². The summed E-state index contributed by atoms with van der Waals surface area (Å²) in [7, 11) is 2.06. The van der Waals surface area contributed by atoms with Gasteiger partial charge in [-0.2, -0.15) is 5.10 Å². The average molecular weight is 374 g/mol. The van der Waals surface area contributed by atoms with Gasteiger partial charge in [0.05, 0.1) is 23.1 Å². The van der Waals surface area contributed by atoms with Gasteiger partial charge in [0.15, 0.2) is 5.69 Å². The molecule has 1 aliphatic heterocycles. The number of benzene rings is 2. The molecule has 4 aromatic rings. The Kier molecular flexibility index (Phi) is 4.09. The summed E-state index contributed by atoms with van der Waals surface area (Å²) in [5.74, 6) is 1.05. The van der Waals surface area contributed by atoms with Crippen LogP contribution in [0.15, 0.2) is 48.5 Å². The summed E-state index contributed by atoms with van der Waals surface area (Å²) in [6.45, 7) is 3.85. The molecule has 2 aromatic heterocycles. The Balaban J connectivity index is 1.27. The van der Waals surface area contributed by atoms with E-state index in [9.17, 15) is 4.79 Å². The van der Waals surface area contributed by atoms with E-state index in [4.69, 9.17) is 4.98 Å². The van der Waals surface area contributed by atoms with Gasteiger partial charge in [0.25, 0.3) is 5.91 Å². The lowest BCUT2D eigenvalue weighted by Gasteiger charge is -2.34. The highest BCUT2D eigenvalue weighted by Gasteiger charge is 2.25. The summed E-state index contributed by atoms with van der Waals surface area (Å²) >= 11 is 0. The zero-order chi connectivity index (χ0) is 19.1. The van der Waals surface area contributed by atoms with Crippen LogP contribution in [0.1, 0.15) is 16.3 Å². The number of hydrogen-bond acceptors (Lipinski definition) is 4. The minimum absolute atomic E-state index is 0.000157. The van der Waals surface area contributed by atoms with E-state index in [0.717, 1.165) is 47.4 Å². The van der Waals surface area contributed by atoms with Gasteiger partial charge >= 0.3 is 0 Å². The molecule has 28 heavy (non-hydrogen) atoms. The third kappa shape index (κ3) is 2.84. The van der Waals surface area contributed by atoms with Gasteiger partial charge in [0.1, 0.15) is 5.82 Å². The molecule has 1 fully saturated rings. The summed E-state index contributed by atoms with van der Waals surface area (Å²) in [5, 5.41) is 8.08. The molecule has 0 atom stereocenters. The number of para-hydroxylation sites is 3. The van der Waals surface area contributed by atoms with Crippen LogP contribution in [0.3, 0.4) is 0 Å². The van der Waals surface area contributed by atoms with Gasteiger partial charge in [-0.15, -0.1) is 0 Å². The average Bonchev–Trinajstić information content (AvgIpc) is 3.30. The molecule has 7 nitrogen and oxygen atoms in total. The first-order valence-electron chi connectivity index (χ1n) is 9.56. The number of piperazine rings is 1. The summed E-state index contributed by atoms with van der Waals surface area (Å²) < 4.78 is 2.16. The maximum atomic E-state index is 12.9. The van der Waals surface area contributed by atoms with Gasteiger partial charge < -0.3 is 9.47 Å². The topological polar surface area (TPSA) is 70.1 Å². The number of hydrogen-bond donors (Lipinski definition) is 1. The summed E-state index contributed by atoms with van der Waals surface area (Å²) in [4.78, 5) is 21.9. The van der Waals surface area contributed by atoms with Gasteiger partial charge in [-0.1, -0.05) is 30.3 Å². The molecule has 7 heteroatoms. The number of nitrogens with zero attached hydrogens (tertiary/aromatic N) is 5. The molecule has 0 unspecified atom stereocenters. The van der Waals surface area contributed by atoms with Crippen molar-refractivity contribution in [3.63, 3.8) is 0 Å². The number of amides is 1. The van der Waals surface area contributed by atoms with E-state index in [1.54, 1.807) is 0 Å². The molecule has 0 radical (unpaired) electrons. The van der Waals surface area contributed by atoms with Crippen molar-refractivity contribution >= 4 is 27.8 Å². The lowest BCUT2D eigenvalue weighted by molar-refractivity contribution is 0.0620. The van der Waals surface area contributed by atoms with E-state index >= 15 is 0 Å². The van der Waals surface area contributed by atoms with Crippen LogP contribution >= 0.6 is 0 Å². The van der Waals surface area contributed by atoms with Crippen molar-refractivity contribution in [1.29, 1.82) is 0 Å². The Morgan fingerprint density at radius 3 is 2.61 bits per heavy atom. The SMILES string of the molecule is Cn1c(CN2CCN(C(=O)c3n[nH]c4ccccc34)CC2)nc2ccccc21. The second kappa shape index (κ2) is 6.76. The zero-order valence-electron chi connectivity index (χ0n) is 15.8. The number of aromatic amines is 1. The molecule has 2 aromatic carbocycles. The second-order valence-corrected chi connectivity index (χ2v) is 7.26. The van der Waals surface area contributed by atoms with Crippen LogP contribution in [0, 0.1) is 0 Å². The third-order valence-corrected chi connectivity index (χ3v) is 5.58. The van der Waals surface area contributed by atoms with Crippen molar-refractivity contribution in [2.45, 2.75) is 6.54 Å². The Hall–Kier alpha value is -3.19. The smallest absolute Gasteiger partial charge is 0.275 e. The first kappa shape index (κ1) is 16.9. The number of nitrogens with one attached hydrogen (secondary N) is 1. The highest BCUT2D eigenvalue weighted by Crippen LogP contribution is 2.19. The van der Waals surface area contributed by atoms with Crippen molar-refractivity contribution in [2.24, 2.45) is 7.05 Å². The van der Waals surface area contributed by atoms with Crippen LogP contribution in [-0.2, 0) is 13.6 Å². The molecule has 5 rings (SSSR count).